The first kappa shape index (κ1) is 16.2. The highest BCUT2D eigenvalue weighted by molar-refractivity contribution is 5.96. The van der Waals surface area contributed by atoms with E-state index in [0.29, 0.717) is 0 Å². The van der Waals surface area contributed by atoms with Gasteiger partial charge in [0.05, 0.1) is 14.2 Å². The normalized spacial score (nSPS) is 16.0. The predicted molar refractivity (Wildman–Crippen MR) is 109 cm³/mol. The van der Waals surface area contributed by atoms with Gasteiger partial charge in [-0.3, -0.25) is 0 Å². The third-order valence-electron chi connectivity index (χ3n) is 6.07. The molecule has 0 fully saturated rings. The summed E-state index contributed by atoms with van der Waals surface area (Å²) in [6, 6.07) is 23.8. The lowest BCUT2D eigenvalue weighted by Gasteiger charge is -2.30. The summed E-state index contributed by atoms with van der Waals surface area (Å²) in [7, 11) is 3.45. The van der Waals surface area contributed by atoms with Crippen molar-refractivity contribution in [2.75, 3.05) is 14.2 Å². The van der Waals surface area contributed by atoms with E-state index in [1.165, 1.54) is 33.4 Å². The van der Waals surface area contributed by atoms with Crippen LogP contribution in [-0.4, -0.2) is 14.2 Å². The number of benzene rings is 3. The molecule has 0 atom stereocenters. The largest absolute Gasteiger partial charge is 0.497 e. The smallest absolute Gasteiger partial charge is 0.119 e. The van der Waals surface area contributed by atoms with Crippen LogP contribution < -0.4 is 9.47 Å². The maximum Gasteiger partial charge on any atom is 0.119 e. The molecular formula is C25H22O2. The molecule has 2 nitrogen and oxygen atoms in total. The molecule has 0 saturated heterocycles. The molecule has 0 bridgehead atoms. The van der Waals surface area contributed by atoms with Crippen LogP contribution in [-0.2, 0) is 18.3 Å². The SMILES string of the molecule is COc1cccc(C2=Cc3cc(OC)ccc3C23Cc2ccccc2C3)c1. The second kappa shape index (κ2) is 6.02. The maximum absolute atomic E-state index is 5.49. The van der Waals surface area contributed by atoms with E-state index in [9.17, 15) is 0 Å². The van der Waals surface area contributed by atoms with Gasteiger partial charge in [-0.15, -0.1) is 0 Å². The van der Waals surface area contributed by atoms with Crippen molar-refractivity contribution in [3.63, 3.8) is 0 Å². The van der Waals surface area contributed by atoms with Crippen LogP contribution in [0.3, 0.4) is 0 Å². The summed E-state index contributed by atoms with van der Waals surface area (Å²) in [5.74, 6) is 1.80. The number of rotatable bonds is 3. The fourth-order valence-electron chi connectivity index (χ4n) is 4.81. The van der Waals surface area contributed by atoms with Gasteiger partial charge < -0.3 is 9.47 Å². The van der Waals surface area contributed by atoms with E-state index in [4.69, 9.17) is 9.47 Å². The van der Waals surface area contributed by atoms with Crippen molar-refractivity contribution in [1.29, 1.82) is 0 Å². The van der Waals surface area contributed by atoms with Crippen molar-refractivity contribution < 1.29 is 9.47 Å². The number of methoxy groups -OCH3 is 2. The van der Waals surface area contributed by atoms with E-state index in [-0.39, 0.29) is 5.41 Å². The lowest BCUT2D eigenvalue weighted by Crippen LogP contribution is -2.26. The molecule has 3 aromatic rings. The minimum Gasteiger partial charge on any atom is -0.497 e. The third kappa shape index (κ3) is 2.40. The van der Waals surface area contributed by atoms with Crippen molar-refractivity contribution in [3.8, 4) is 11.5 Å². The molecule has 3 aromatic carbocycles. The second-order valence-corrected chi connectivity index (χ2v) is 7.45. The lowest BCUT2D eigenvalue weighted by atomic mass is 9.72. The van der Waals surface area contributed by atoms with Crippen LogP contribution in [0.2, 0.25) is 0 Å². The van der Waals surface area contributed by atoms with E-state index in [1.807, 2.05) is 6.07 Å². The molecule has 0 aliphatic heterocycles. The van der Waals surface area contributed by atoms with Gasteiger partial charge in [0.25, 0.3) is 0 Å². The Morgan fingerprint density at radius 2 is 1.44 bits per heavy atom. The van der Waals surface area contributed by atoms with Gasteiger partial charge >= 0.3 is 0 Å². The quantitative estimate of drug-likeness (QED) is 0.636. The maximum atomic E-state index is 5.49. The van der Waals surface area contributed by atoms with Crippen LogP contribution in [0.4, 0.5) is 0 Å². The van der Waals surface area contributed by atoms with Crippen molar-refractivity contribution in [1.82, 2.24) is 0 Å². The first-order valence-corrected chi connectivity index (χ1v) is 9.35. The van der Waals surface area contributed by atoms with E-state index < -0.39 is 0 Å². The molecule has 0 saturated carbocycles. The van der Waals surface area contributed by atoms with Gasteiger partial charge in [0.1, 0.15) is 11.5 Å². The summed E-state index contributed by atoms with van der Waals surface area (Å²) in [5, 5.41) is 0. The standard InChI is InChI=1S/C25H22O2/c1-26-21-9-5-8-17(12-21)24-14-20-13-22(27-2)10-11-23(20)25(24)15-18-6-3-4-7-19(18)16-25/h3-14H,15-16H2,1-2H3. The van der Waals surface area contributed by atoms with Gasteiger partial charge in [-0.05, 0) is 76.6 Å². The molecule has 2 heteroatoms. The Morgan fingerprint density at radius 1 is 0.741 bits per heavy atom. The van der Waals surface area contributed by atoms with Crippen LogP contribution in [0.15, 0.2) is 66.7 Å². The molecule has 0 unspecified atom stereocenters. The molecule has 2 aliphatic rings. The zero-order valence-electron chi connectivity index (χ0n) is 15.7. The Balaban J connectivity index is 1.71. The number of hydrogen-bond donors (Lipinski definition) is 0. The monoisotopic (exact) mass is 354 g/mol. The Labute approximate surface area is 160 Å². The van der Waals surface area contributed by atoms with Gasteiger partial charge in [-0.25, -0.2) is 0 Å². The van der Waals surface area contributed by atoms with Crippen LogP contribution in [0.1, 0.15) is 27.8 Å². The molecule has 0 heterocycles. The highest BCUT2D eigenvalue weighted by atomic mass is 16.5. The van der Waals surface area contributed by atoms with E-state index in [1.54, 1.807) is 14.2 Å². The minimum absolute atomic E-state index is 0.0162. The summed E-state index contributed by atoms with van der Waals surface area (Å²) in [4.78, 5) is 0. The lowest BCUT2D eigenvalue weighted by molar-refractivity contribution is 0.414. The van der Waals surface area contributed by atoms with Crippen molar-refractivity contribution in [2.45, 2.75) is 18.3 Å². The molecule has 5 rings (SSSR count). The summed E-state index contributed by atoms with van der Waals surface area (Å²) in [5.41, 5.74) is 8.16. The highest BCUT2D eigenvalue weighted by Crippen LogP contribution is 2.55. The number of hydrogen-bond acceptors (Lipinski definition) is 2. The molecule has 0 radical (unpaired) electrons. The van der Waals surface area contributed by atoms with Crippen LogP contribution in [0.25, 0.3) is 11.6 Å². The first-order valence-electron chi connectivity index (χ1n) is 9.35. The second-order valence-electron chi connectivity index (χ2n) is 7.45. The molecule has 2 aliphatic carbocycles. The summed E-state index contributed by atoms with van der Waals surface area (Å²) >= 11 is 0. The number of allylic oxidation sites excluding steroid dienone is 1. The Kier molecular flexibility index (Phi) is 3.61. The van der Waals surface area contributed by atoms with Gasteiger partial charge in [0.2, 0.25) is 0 Å². The average Bonchev–Trinajstić information content (AvgIpc) is 3.25. The van der Waals surface area contributed by atoms with Crippen molar-refractivity contribution in [3.05, 3.63) is 94.5 Å². The van der Waals surface area contributed by atoms with E-state index in [2.05, 4.69) is 66.7 Å². The van der Waals surface area contributed by atoms with Gasteiger partial charge in [0.15, 0.2) is 0 Å². The fraction of sp³-hybridized carbons (Fsp3) is 0.200. The Morgan fingerprint density at radius 3 is 2.15 bits per heavy atom. The van der Waals surface area contributed by atoms with Gasteiger partial charge in [0, 0.05) is 5.41 Å². The fourth-order valence-corrected chi connectivity index (χ4v) is 4.81. The molecule has 134 valence electrons. The van der Waals surface area contributed by atoms with E-state index >= 15 is 0 Å². The number of fused-ring (bicyclic) bond motifs is 3. The highest BCUT2D eigenvalue weighted by Gasteiger charge is 2.46. The summed E-state index contributed by atoms with van der Waals surface area (Å²) in [6.07, 6.45) is 4.41. The molecule has 0 amide bonds. The van der Waals surface area contributed by atoms with Gasteiger partial charge in [-0.2, -0.15) is 0 Å². The first-order chi connectivity index (χ1) is 13.2. The topological polar surface area (TPSA) is 18.5 Å². The van der Waals surface area contributed by atoms with Crippen LogP contribution in [0, 0.1) is 0 Å². The van der Waals surface area contributed by atoms with Crippen molar-refractivity contribution >= 4 is 11.6 Å². The predicted octanol–water partition coefficient (Wildman–Crippen LogP) is 5.29. The molecular weight excluding hydrogens is 332 g/mol. The van der Waals surface area contributed by atoms with Crippen molar-refractivity contribution in [2.24, 2.45) is 0 Å². The molecule has 27 heavy (non-hydrogen) atoms. The van der Waals surface area contributed by atoms with E-state index in [0.717, 1.165) is 24.3 Å². The molecule has 0 N–H and O–H groups in total. The summed E-state index contributed by atoms with van der Waals surface area (Å²) in [6.45, 7) is 0. The third-order valence-corrected chi connectivity index (χ3v) is 6.07. The van der Waals surface area contributed by atoms with Crippen LogP contribution in [0.5, 0.6) is 11.5 Å². The number of ether oxygens (including phenoxy) is 2. The Bertz CT molecular complexity index is 1040. The van der Waals surface area contributed by atoms with Crippen LogP contribution >= 0.6 is 0 Å². The minimum atomic E-state index is -0.0162. The molecule has 1 spiro atoms. The molecule has 0 aromatic heterocycles. The van der Waals surface area contributed by atoms with Gasteiger partial charge in [-0.1, -0.05) is 42.5 Å². The zero-order chi connectivity index (χ0) is 18.4. The zero-order valence-corrected chi connectivity index (χ0v) is 15.7. The summed E-state index contributed by atoms with van der Waals surface area (Å²) < 4.78 is 11.0. The Hall–Kier alpha value is -3.00. The average molecular weight is 354 g/mol.